The Morgan fingerprint density at radius 2 is 2.35 bits per heavy atom. The second-order valence-electron chi connectivity index (χ2n) is 5.06. The molecule has 0 spiro atoms. The molecule has 0 saturated carbocycles. The number of nitrogens with zero attached hydrogens (tertiary/aromatic N) is 4. The van der Waals surface area contributed by atoms with E-state index in [9.17, 15) is 9.90 Å². The van der Waals surface area contributed by atoms with Gasteiger partial charge in [-0.3, -0.25) is 4.79 Å². The lowest BCUT2D eigenvalue weighted by Gasteiger charge is -2.34. The first kappa shape index (κ1) is 13.0. The van der Waals surface area contributed by atoms with Crippen molar-refractivity contribution >= 4 is 22.4 Å². The number of carboxylic acid groups (broad SMARTS) is 1. The van der Waals surface area contributed by atoms with Crippen molar-refractivity contribution in [2.75, 3.05) is 18.0 Å². The lowest BCUT2D eigenvalue weighted by atomic mass is 9.91. The van der Waals surface area contributed by atoms with Gasteiger partial charge in [0.25, 0.3) is 0 Å². The van der Waals surface area contributed by atoms with Crippen LogP contribution in [0.5, 0.6) is 0 Å². The molecule has 3 rings (SSSR count). The number of rotatable bonds is 3. The van der Waals surface area contributed by atoms with Gasteiger partial charge in [0.15, 0.2) is 5.01 Å². The molecule has 1 aliphatic rings. The summed E-state index contributed by atoms with van der Waals surface area (Å²) in [4.78, 5) is 13.2. The molecule has 106 valence electrons. The zero-order chi connectivity index (χ0) is 14.1. The summed E-state index contributed by atoms with van der Waals surface area (Å²) in [6.45, 7) is 3.34. The van der Waals surface area contributed by atoms with Gasteiger partial charge in [0.05, 0.1) is 5.92 Å². The monoisotopic (exact) mass is 294 g/mol. The van der Waals surface area contributed by atoms with Crippen LogP contribution in [-0.2, 0) is 4.79 Å². The van der Waals surface area contributed by atoms with Crippen molar-refractivity contribution in [3.05, 3.63) is 12.3 Å². The normalized spacial score (nSPS) is 22.9. The van der Waals surface area contributed by atoms with E-state index in [-0.39, 0.29) is 5.92 Å². The van der Waals surface area contributed by atoms with E-state index in [2.05, 4.69) is 22.3 Å². The summed E-state index contributed by atoms with van der Waals surface area (Å²) in [5.74, 6) is -0.773. The summed E-state index contributed by atoms with van der Waals surface area (Å²) in [6, 6.07) is 1.73. The van der Waals surface area contributed by atoms with Crippen LogP contribution in [0.1, 0.15) is 13.3 Å². The predicted octanol–water partition coefficient (Wildman–Crippen LogP) is 1.74. The minimum absolute atomic E-state index is 0.323. The number of piperidine rings is 1. The van der Waals surface area contributed by atoms with Gasteiger partial charge in [-0.1, -0.05) is 23.4 Å². The Bertz CT molecular complexity index is 598. The number of carbonyl (C=O) groups is 1. The van der Waals surface area contributed by atoms with Crippen molar-refractivity contribution in [2.24, 2.45) is 11.8 Å². The number of anilines is 1. The number of carboxylic acids is 1. The first-order valence-corrected chi connectivity index (χ1v) is 7.17. The Hall–Kier alpha value is -1.96. The molecule has 2 atom stereocenters. The molecule has 20 heavy (non-hydrogen) atoms. The molecule has 2 unspecified atom stereocenters. The maximum atomic E-state index is 11.2. The molecule has 2 aromatic heterocycles. The van der Waals surface area contributed by atoms with Gasteiger partial charge in [-0.25, -0.2) is 0 Å². The molecule has 0 bridgehead atoms. The van der Waals surface area contributed by atoms with Crippen LogP contribution in [0.4, 0.5) is 5.13 Å². The number of aromatic nitrogens is 3. The van der Waals surface area contributed by atoms with Crippen LogP contribution in [0.15, 0.2) is 16.9 Å². The molecule has 2 aromatic rings. The smallest absolute Gasteiger partial charge is 0.308 e. The van der Waals surface area contributed by atoms with Crippen LogP contribution in [0, 0.1) is 11.8 Å². The molecular formula is C12H14N4O3S. The summed E-state index contributed by atoms with van der Waals surface area (Å²) in [5.41, 5.74) is 0.647. The second kappa shape index (κ2) is 5.20. The number of hydrogen-bond donors (Lipinski definition) is 1. The maximum Gasteiger partial charge on any atom is 0.308 e. The molecule has 1 aliphatic heterocycles. The van der Waals surface area contributed by atoms with Gasteiger partial charge in [-0.15, -0.1) is 10.2 Å². The van der Waals surface area contributed by atoms with E-state index in [0.29, 0.717) is 29.6 Å². The summed E-state index contributed by atoms with van der Waals surface area (Å²) in [6.07, 6.45) is 2.20. The van der Waals surface area contributed by atoms with Crippen LogP contribution in [-0.4, -0.2) is 39.5 Å². The maximum absolute atomic E-state index is 11.2. The van der Waals surface area contributed by atoms with Gasteiger partial charge >= 0.3 is 5.97 Å². The molecule has 0 amide bonds. The Morgan fingerprint density at radius 1 is 1.50 bits per heavy atom. The molecule has 1 saturated heterocycles. The van der Waals surface area contributed by atoms with Crippen molar-refractivity contribution in [1.29, 1.82) is 0 Å². The van der Waals surface area contributed by atoms with E-state index in [1.807, 2.05) is 4.90 Å². The topological polar surface area (TPSA) is 92.3 Å². The second-order valence-corrected chi connectivity index (χ2v) is 6.01. The van der Waals surface area contributed by atoms with E-state index in [4.69, 9.17) is 4.52 Å². The van der Waals surface area contributed by atoms with E-state index < -0.39 is 5.97 Å². The first-order valence-electron chi connectivity index (χ1n) is 6.35. The predicted molar refractivity (Wildman–Crippen MR) is 72.5 cm³/mol. The molecule has 8 heteroatoms. The fourth-order valence-corrected chi connectivity index (χ4v) is 3.28. The summed E-state index contributed by atoms with van der Waals surface area (Å²) < 4.78 is 4.79. The average Bonchev–Trinajstić information content (AvgIpc) is 3.09. The number of hydrogen-bond acceptors (Lipinski definition) is 7. The van der Waals surface area contributed by atoms with Gasteiger partial charge in [0.2, 0.25) is 5.13 Å². The van der Waals surface area contributed by atoms with E-state index in [1.54, 1.807) is 6.07 Å². The van der Waals surface area contributed by atoms with Crippen molar-refractivity contribution in [1.82, 2.24) is 15.4 Å². The Balaban J connectivity index is 1.80. The van der Waals surface area contributed by atoms with Gasteiger partial charge in [-0.2, -0.15) is 0 Å². The fraction of sp³-hybridized carbons (Fsp3) is 0.500. The standard InChI is InChI=1S/C12H14N4O3S/c1-7-4-8(11(17)18)6-16(5-7)12-14-13-10(20-12)9-2-3-19-15-9/h2-3,7-8H,4-6H2,1H3,(H,17,18). The minimum Gasteiger partial charge on any atom is -0.481 e. The van der Waals surface area contributed by atoms with Crippen LogP contribution in [0.3, 0.4) is 0 Å². The fourth-order valence-electron chi connectivity index (χ4n) is 2.46. The average molecular weight is 294 g/mol. The van der Waals surface area contributed by atoms with Crippen LogP contribution in [0.2, 0.25) is 0 Å². The molecule has 0 aromatic carbocycles. The van der Waals surface area contributed by atoms with Crippen LogP contribution >= 0.6 is 11.3 Å². The summed E-state index contributed by atoms with van der Waals surface area (Å²) in [7, 11) is 0. The highest BCUT2D eigenvalue weighted by Gasteiger charge is 2.31. The van der Waals surface area contributed by atoms with E-state index in [0.717, 1.165) is 11.7 Å². The highest BCUT2D eigenvalue weighted by molar-refractivity contribution is 7.18. The van der Waals surface area contributed by atoms with Gasteiger partial charge < -0.3 is 14.5 Å². The lowest BCUT2D eigenvalue weighted by Crippen LogP contribution is -2.42. The molecule has 1 fully saturated rings. The Morgan fingerprint density at radius 3 is 3.05 bits per heavy atom. The zero-order valence-electron chi connectivity index (χ0n) is 10.9. The van der Waals surface area contributed by atoms with Gasteiger partial charge in [0, 0.05) is 19.2 Å². The highest BCUT2D eigenvalue weighted by Crippen LogP contribution is 2.31. The largest absolute Gasteiger partial charge is 0.481 e. The molecule has 3 heterocycles. The Kier molecular flexibility index (Phi) is 3.39. The van der Waals surface area contributed by atoms with Gasteiger partial charge in [0.1, 0.15) is 12.0 Å². The van der Waals surface area contributed by atoms with Crippen molar-refractivity contribution in [3.8, 4) is 10.7 Å². The lowest BCUT2D eigenvalue weighted by molar-refractivity contribution is -0.142. The molecule has 0 radical (unpaired) electrons. The quantitative estimate of drug-likeness (QED) is 0.921. The minimum atomic E-state index is -0.747. The van der Waals surface area contributed by atoms with Crippen molar-refractivity contribution in [2.45, 2.75) is 13.3 Å². The third-order valence-electron chi connectivity index (χ3n) is 3.35. The molecule has 0 aliphatic carbocycles. The Labute approximate surface area is 119 Å². The number of aliphatic carboxylic acids is 1. The molecular weight excluding hydrogens is 280 g/mol. The third-order valence-corrected chi connectivity index (χ3v) is 4.36. The van der Waals surface area contributed by atoms with E-state index in [1.165, 1.54) is 17.6 Å². The molecule has 1 N–H and O–H groups in total. The highest BCUT2D eigenvalue weighted by atomic mass is 32.1. The summed E-state index contributed by atoms with van der Waals surface area (Å²) >= 11 is 1.40. The first-order chi connectivity index (χ1) is 9.63. The van der Waals surface area contributed by atoms with Crippen LogP contribution in [0.25, 0.3) is 10.7 Å². The van der Waals surface area contributed by atoms with E-state index >= 15 is 0 Å². The summed E-state index contributed by atoms with van der Waals surface area (Å²) in [5, 5.41) is 22.7. The zero-order valence-corrected chi connectivity index (χ0v) is 11.7. The SMILES string of the molecule is CC1CC(C(=O)O)CN(c2nnc(-c3ccon3)s2)C1. The molecule has 7 nitrogen and oxygen atoms in total. The van der Waals surface area contributed by atoms with Crippen molar-refractivity contribution < 1.29 is 14.4 Å². The van der Waals surface area contributed by atoms with Crippen LogP contribution < -0.4 is 4.90 Å². The van der Waals surface area contributed by atoms with Crippen molar-refractivity contribution in [3.63, 3.8) is 0 Å². The van der Waals surface area contributed by atoms with Gasteiger partial charge in [-0.05, 0) is 12.3 Å². The third kappa shape index (κ3) is 2.51.